The Morgan fingerprint density at radius 3 is 2.82 bits per heavy atom. The summed E-state index contributed by atoms with van der Waals surface area (Å²) in [6, 6.07) is 7.50. The van der Waals surface area contributed by atoms with Crippen LogP contribution in [-0.4, -0.2) is 44.9 Å². The van der Waals surface area contributed by atoms with Crippen molar-refractivity contribution in [3.05, 3.63) is 24.3 Å². The highest BCUT2D eigenvalue weighted by Gasteiger charge is 2.10. The van der Waals surface area contributed by atoms with E-state index in [0.717, 1.165) is 11.4 Å². The molecule has 94 valence electrons. The molecule has 0 radical (unpaired) electrons. The van der Waals surface area contributed by atoms with E-state index in [9.17, 15) is 4.79 Å². The number of anilines is 1. The average Bonchev–Trinajstić information content (AvgIpc) is 2.36. The lowest BCUT2D eigenvalue weighted by atomic mass is 10.2. The maximum Gasteiger partial charge on any atom is 0.239 e. The Morgan fingerprint density at radius 2 is 2.18 bits per heavy atom. The number of carbonyl (C=O) groups excluding carboxylic acids is 1. The number of methoxy groups -OCH3 is 1. The Balaban J connectivity index is 2.62. The monoisotopic (exact) mass is 238 g/mol. The third kappa shape index (κ3) is 3.96. The smallest absolute Gasteiger partial charge is 0.239 e. The lowest BCUT2D eigenvalue weighted by molar-refractivity contribution is -0.119. The summed E-state index contributed by atoms with van der Waals surface area (Å²) in [6.45, 7) is 0.448. The summed E-state index contributed by atoms with van der Waals surface area (Å²) in [7, 11) is 3.41. The van der Waals surface area contributed by atoms with Crippen molar-refractivity contribution >= 4 is 11.6 Å². The molecule has 2 N–H and O–H groups in total. The van der Waals surface area contributed by atoms with Gasteiger partial charge in [0.05, 0.1) is 25.9 Å². The highest BCUT2D eigenvalue weighted by Crippen LogP contribution is 2.26. The Hall–Kier alpha value is -1.75. The summed E-state index contributed by atoms with van der Waals surface area (Å²) in [6.07, 6.45) is 0. The zero-order chi connectivity index (χ0) is 12.7. The van der Waals surface area contributed by atoms with Crippen LogP contribution >= 0.6 is 0 Å². The van der Waals surface area contributed by atoms with Crippen molar-refractivity contribution in [3.8, 4) is 5.75 Å². The summed E-state index contributed by atoms with van der Waals surface area (Å²) in [5.41, 5.74) is 0.856. The fourth-order valence-electron chi connectivity index (χ4n) is 1.50. The van der Waals surface area contributed by atoms with Crippen LogP contribution in [0.15, 0.2) is 24.3 Å². The predicted octanol–water partition coefficient (Wildman–Crippen LogP) is 0.240. The van der Waals surface area contributed by atoms with E-state index in [1.54, 1.807) is 12.0 Å². The number of carbonyl (C=O) groups is 1. The third-order valence-corrected chi connectivity index (χ3v) is 2.31. The number of rotatable bonds is 6. The number of likely N-dealkylation sites (N-methyl/N-ethyl adjacent to an activating group) is 1. The van der Waals surface area contributed by atoms with Gasteiger partial charge in [0.1, 0.15) is 5.75 Å². The minimum Gasteiger partial charge on any atom is -0.495 e. The molecule has 0 saturated carbocycles. The largest absolute Gasteiger partial charge is 0.495 e. The Bertz CT molecular complexity index is 369. The fourth-order valence-corrected chi connectivity index (χ4v) is 1.50. The molecule has 17 heavy (non-hydrogen) atoms. The van der Waals surface area contributed by atoms with Gasteiger partial charge in [-0.05, 0) is 12.1 Å². The number of hydrogen-bond donors (Lipinski definition) is 2. The van der Waals surface area contributed by atoms with Crippen molar-refractivity contribution in [2.24, 2.45) is 0 Å². The van der Waals surface area contributed by atoms with E-state index in [0.29, 0.717) is 0 Å². The Labute approximate surface area is 101 Å². The lowest BCUT2D eigenvalue weighted by Crippen LogP contribution is -2.36. The van der Waals surface area contributed by atoms with Crippen LogP contribution in [-0.2, 0) is 4.79 Å². The number of amides is 1. The molecule has 0 aliphatic heterocycles. The van der Waals surface area contributed by atoms with Crippen LogP contribution < -0.4 is 15.0 Å². The Morgan fingerprint density at radius 1 is 1.47 bits per heavy atom. The number of para-hydroxylation sites is 2. The summed E-state index contributed by atoms with van der Waals surface area (Å²) in [5, 5.41) is 11.2. The average molecular weight is 238 g/mol. The van der Waals surface area contributed by atoms with Crippen LogP contribution in [0.4, 0.5) is 5.69 Å². The molecule has 1 aromatic carbocycles. The lowest BCUT2D eigenvalue weighted by Gasteiger charge is -2.20. The molecule has 5 heteroatoms. The maximum absolute atomic E-state index is 11.5. The summed E-state index contributed by atoms with van der Waals surface area (Å²) < 4.78 is 5.22. The zero-order valence-corrected chi connectivity index (χ0v) is 10.1. The van der Waals surface area contributed by atoms with E-state index >= 15 is 0 Å². The van der Waals surface area contributed by atoms with Crippen molar-refractivity contribution < 1.29 is 14.6 Å². The molecule has 0 fully saturated rings. The number of aliphatic hydroxyl groups is 1. The van der Waals surface area contributed by atoms with Crippen LogP contribution in [0.5, 0.6) is 5.75 Å². The summed E-state index contributed by atoms with van der Waals surface area (Å²) in [5.74, 6) is 0.595. The van der Waals surface area contributed by atoms with Crippen molar-refractivity contribution in [2.45, 2.75) is 0 Å². The SMILES string of the molecule is COc1ccccc1N(C)CC(=O)NCCO. The van der Waals surface area contributed by atoms with Gasteiger partial charge in [-0.1, -0.05) is 12.1 Å². The maximum atomic E-state index is 11.5. The minimum atomic E-state index is -0.132. The number of benzene rings is 1. The second-order valence-corrected chi connectivity index (χ2v) is 3.60. The topological polar surface area (TPSA) is 61.8 Å². The first-order valence-corrected chi connectivity index (χ1v) is 5.40. The van der Waals surface area contributed by atoms with E-state index < -0.39 is 0 Å². The highest BCUT2D eigenvalue weighted by molar-refractivity contribution is 5.81. The third-order valence-electron chi connectivity index (χ3n) is 2.31. The first-order valence-electron chi connectivity index (χ1n) is 5.40. The number of ether oxygens (including phenoxy) is 1. The number of nitrogens with one attached hydrogen (secondary N) is 1. The number of aliphatic hydroxyl groups excluding tert-OH is 1. The molecule has 5 nitrogen and oxygen atoms in total. The molecule has 0 aliphatic rings. The molecule has 0 aromatic heterocycles. The molecule has 0 saturated heterocycles. The van der Waals surface area contributed by atoms with Gasteiger partial charge in [0, 0.05) is 13.6 Å². The number of hydrogen-bond acceptors (Lipinski definition) is 4. The molecule has 0 heterocycles. The fraction of sp³-hybridized carbons (Fsp3) is 0.417. The van der Waals surface area contributed by atoms with Gasteiger partial charge in [-0.25, -0.2) is 0 Å². The Kier molecular flexibility index (Phi) is 5.29. The molecule has 1 aromatic rings. The minimum absolute atomic E-state index is 0.0515. The van der Waals surface area contributed by atoms with Crippen molar-refractivity contribution in [2.75, 3.05) is 38.8 Å². The molecule has 1 rings (SSSR count). The predicted molar refractivity (Wildman–Crippen MR) is 66.4 cm³/mol. The van der Waals surface area contributed by atoms with E-state index in [1.165, 1.54) is 0 Å². The van der Waals surface area contributed by atoms with Crippen LogP contribution in [0.3, 0.4) is 0 Å². The van der Waals surface area contributed by atoms with Gasteiger partial charge in [-0.15, -0.1) is 0 Å². The highest BCUT2D eigenvalue weighted by atomic mass is 16.5. The van der Waals surface area contributed by atoms with Crippen LogP contribution in [0.25, 0.3) is 0 Å². The second kappa shape index (κ2) is 6.75. The quantitative estimate of drug-likeness (QED) is 0.745. The molecular formula is C12H18N2O3. The van der Waals surface area contributed by atoms with Crippen LogP contribution in [0.2, 0.25) is 0 Å². The second-order valence-electron chi connectivity index (χ2n) is 3.60. The molecule has 0 bridgehead atoms. The van der Waals surface area contributed by atoms with Gasteiger partial charge >= 0.3 is 0 Å². The first kappa shape index (κ1) is 13.3. The van der Waals surface area contributed by atoms with Gasteiger partial charge < -0.3 is 20.1 Å². The molecule has 0 aliphatic carbocycles. The first-order chi connectivity index (χ1) is 8.19. The van der Waals surface area contributed by atoms with E-state index in [4.69, 9.17) is 9.84 Å². The summed E-state index contributed by atoms with van der Waals surface area (Å²) in [4.78, 5) is 13.3. The van der Waals surface area contributed by atoms with Gasteiger partial charge in [-0.2, -0.15) is 0 Å². The van der Waals surface area contributed by atoms with E-state index in [-0.39, 0.29) is 25.6 Å². The van der Waals surface area contributed by atoms with Gasteiger partial charge in [-0.3, -0.25) is 4.79 Å². The van der Waals surface area contributed by atoms with E-state index in [2.05, 4.69) is 5.32 Å². The molecule has 0 atom stereocenters. The standard InChI is InChI=1S/C12H18N2O3/c1-14(9-12(16)13-7-8-15)10-5-3-4-6-11(10)17-2/h3-6,15H,7-9H2,1-2H3,(H,13,16). The molecule has 0 spiro atoms. The molecular weight excluding hydrogens is 220 g/mol. The van der Waals surface area contributed by atoms with Gasteiger partial charge in [0.15, 0.2) is 0 Å². The molecule has 0 unspecified atom stereocenters. The van der Waals surface area contributed by atoms with Crippen LogP contribution in [0.1, 0.15) is 0 Å². The van der Waals surface area contributed by atoms with Crippen molar-refractivity contribution in [1.82, 2.24) is 5.32 Å². The van der Waals surface area contributed by atoms with Crippen LogP contribution in [0, 0.1) is 0 Å². The normalized spacial score (nSPS) is 9.82. The van der Waals surface area contributed by atoms with Crippen molar-refractivity contribution in [1.29, 1.82) is 0 Å². The van der Waals surface area contributed by atoms with Gasteiger partial charge in [0.2, 0.25) is 5.91 Å². The summed E-state index contributed by atoms with van der Waals surface area (Å²) >= 11 is 0. The van der Waals surface area contributed by atoms with E-state index in [1.807, 2.05) is 31.3 Å². The number of nitrogens with zero attached hydrogens (tertiary/aromatic N) is 1. The van der Waals surface area contributed by atoms with Gasteiger partial charge in [0.25, 0.3) is 0 Å². The zero-order valence-electron chi connectivity index (χ0n) is 10.1. The van der Waals surface area contributed by atoms with Crippen molar-refractivity contribution in [3.63, 3.8) is 0 Å². The molecule has 1 amide bonds.